The number of ether oxygens (including phenoxy) is 1. The molecule has 1 rings (SSSR count). The molecule has 19 heavy (non-hydrogen) atoms. The van der Waals surface area contributed by atoms with Gasteiger partial charge in [-0.1, -0.05) is 36.4 Å². The normalized spacial score (nSPS) is 10.3. The highest BCUT2D eigenvalue weighted by atomic mass is 16.5. The molecule has 1 amide bonds. The number of allylic oxidation sites excluding steroid dienone is 1. The molecule has 0 fully saturated rings. The number of carboxylic acid groups (broad SMARTS) is 1. The van der Waals surface area contributed by atoms with Crippen molar-refractivity contribution in [1.82, 2.24) is 5.32 Å². The summed E-state index contributed by atoms with van der Waals surface area (Å²) in [6.45, 7) is 0.698. The standard InChI is InChI=1S/C14H17NO4/c16-13(17)9-5-2-6-10-15-14(18)19-11-12-7-3-1-4-8-12/h1,3-5,7-9H,2,6,10-11H2,(H,15,18)(H,16,17)/b9-5+. The van der Waals surface area contributed by atoms with Crippen molar-refractivity contribution in [2.75, 3.05) is 6.54 Å². The van der Waals surface area contributed by atoms with Crippen LogP contribution in [0.4, 0.5) is 4.79 Å². The monoisotopic (exact) mass is 263 g/mol. The van der Waals surface area contributed by atoms with Crippen molar-refractivity contribution < 1.29 is 19.4 Å². The van der Waals surface area contributed by atoms with Crippen LogP contribution in [0.1, 0.15) is 18.4 Å². The Hall–Kier alpha value is -2.30. The summed E-state index contributed by atoms with van der Waals surface area (Å²) in [6, 6.07) is 9.42. The van der Waals surface area contributed by atoms with Gasteiger partial charge < -0.3 is 15.2 Å². The lowest BCUT2D eigenvalue weighted by atomic mass is 10.2. The minimum Gasteiger partial charge on any atom is -0.478 e. The third kappa shape index (κ3) is 7.59. The van der Waals surface area contributed by atoms with Crippen LogP contribution in [0.3, 0.4) is 0 Å². The summed E-state index contributed by atoms with van der Waals surface area (Å²) in [5.41, 5.74) is 0.932. The van der Waals surface area contributed by atoms with Gasteiger partial charge in [0.2, 0.25) is 0 Å². The van der Waals surface area contributed by atoms with E-state index in [1.807, 2.05) is 30.3 Å². The van der Waals surface area contributed by atoms with Gasteiger partial charge >= 0.3 is 12.1 Å². The number of aliphatic carboxylic acids is 1. The highest BCUT2D eigenvalue weighted by Crippen LogP contribution is 2.00. The number of hydrogen-bond acceptors (Lipinski definition) is 3. The number of rotatable bonds is 7. The van der Waals surface area contributed by atoms with Gasteiger partial charge in [-0.3, -0.25) is 0 Å². The number of carboxylic acids is 1. The van der Waals surface area contributed by atoms with E-state index >= 15 is 0 Å². The Labute approximate surface area is 111 Å². The molecule has 0 aromatic heterocycles. The Morgan fingerprint density at radius 3 is 2.68 bits per heavy atom. The van der Waals surface area contributed by atoms with Gasteiger partial charge in [-0.25, -0.2) is 9.59 Å². The number of carbonyl (C=O) groups excluding carboxylic acids is 1. The first-order valence-electron chi connectivity index (χ1n) is 6.02. The second kappa shape index (κ2) is 8.74. The first-order chi connectivity index (χ1) is 9.18. The first kappa shape index (κ1) is 14.8. The fourth-order valence-electron chi connectivity index (χ4n) is 1.37. The number of benzene rings is 1. The molecule has 0 aliphatic rings. The molecule has 1 aromatic carbocycles. The van der Waals surface area contributed by atoms with E-state index in [1.54, 1.807) is 6.08 Å². The molecule has 0 bridgehead atoms. The zero-order chi connectivity index (χ0) is 13.9. The summed E-state index contributed by atoms with van der Waals surface area (Å²) >= 11 is 0. The van der Waals surface area contributed by atoms with Crippen molar-refractivity contribution in [3.63, 3.8) is 0 Å². The lowest BCUT2D eigenvalue weighted by Crippen LogP contribution is -2.25. The fourth-order valence-corrected chi connectivity index (χ4v) is 1.37. The van der Waals surface area contributed by atoms with Crippen molar-refractivity contribution in [3.8, 4) is 0 Å². The van der Waals surface area contributed by atoms with E-state index in [9.17, 15) is 9.59 Å². The van der Waals surface area contributed by atoms with E-state index in [0.29, 0.717) is 19.4 Å². The van der Waals surface area contributed by atoms with Gasteiger partial charge in [0.05, 0.1) is 0 Å². The second-order valence-corrected chi connectivity index (χ2v) is 3.87. The van der Waals surface area contributed by atoms with Crippen molar-refractivity contribution in [2.24, 2.45) is 0 Å². The summed E-state index contributed by atoms with van der Waals surface area (Å²) < 4.78 is 5.01. The number of alkyl carbamates (subject to hydrolysis) is 1. The molecule has 0 unspecified atom stereocenters. The molecule has 0 spiro atoms. The van der Waals surface area contributed by atoms with Gasteiger partial charge in [0.1, 0.15) is 6.61 Å². The van der Waals surface area contributed by atoms with Gasteiger partial charge in [-0.15, -0.1) is 0 Å². The summed E-state index contributed by atoms with van der Waals surface area (Å²) in [6.07, 6.45) is 3.45. The van der Waals surface area contributed by atoms with E-state index in [-0.39, 0.29) is 6.61 Å². The minimum atomic E-state index is -0.963. The Morgan fingerprint density at radius 2 is 2.00 bits per heavy atom. The minimum absolute atomic E-state index is 0.242. The predicted octanol–water partition coefficient (Wildman–Crippen LogP) is 2.33. The quantitative estimate of drug-likeness (QED) is 0.584. The van der Waals surface area contributed by atoms with Crippen LogP contribution < -0.4 is 5.32 Å². The number of amides is 1. The molecule has 0 atom stereocenters. The van der Waals surface area contributed by atoms with Crippen LogP contribution in [-0.2, 0) is 16.1 Å². The molecule has 5 heteroatoms. The predicted molar refractivity (Wildman–Crippen MR) is 70.6 cm³/mol. The molecule has 2 N–H and O–H groups in total. The topological polar surface area (TPSA) is 75.6 Å². The van der Waals surface area contributed by atoms with E-state index < -0.39 is 12.1 Å². The van der Waals surface area contributed by atoms with Gasteiger partial charge in [-0.2, -0.15) is 0 Å². The summed E-state index contributed by atoms with van der Waals surface area (Å²) in [4.78, 5) is 21.5. The van der Waals surface area contributed by atoms with Crippen molar-refractivity contribution in [1.29, 1.82) is 0 Å². The van der Waals surface area contributed by atoms with Crippen LogP contribution in [0.5, 0.6) is 0 Å². The van der Waals surface area contributed by atoms with Crippen molar-refractivity contribution in [3.05, 3.63) is 48.0 Å². The molecular weight excluding hydrogens is 246 g/mol. The third-order valence-corrected chi connectivity index (χ3v) is 2.29. The molecule has 1 aromatic rings. The summed E-state index contributed by atoms with van der Waals surface area (Å²) in [7, 11) is 0. The zero-order valence-corrected chi connectivity index (χ0v) is 10.5. The molecular formula is C14H17NO4. The summed E-state index contributed by atoms with van der Waals surface area (Å²) in [5.74, 6) is -0.963. The number of unbranched alkanes of at least 4 members (excludes halogenated alkanes) is 1. The number of nitrogens with one attached hydrogen (secondary N) is 1. The lowest BCUT2D eigenvalue weighted by molar-refractivity contribution is -0.131. The van der Waals surface area contributed by atoms with Gasteiger partial charge in [0, 0.05) is 12.6 Å². The van der Waals surface area contributed by atoms with Crippen molar-refractivity contribution >= 4 is 12.1 Å². The van der Waals surface area contributed by atoms with E-state index in [1.165, 1.54) is 0 Å². The Morgan fingerprint density at radius 1 is 1.26 bits per heavy atom. The highest BCUT2D eigenvalue weighted by molar-refractivity contribution is 5.79. The van der Waals surface area contributed by atoms with Crippen LogP contribution in [0.15, 0.2) is 42.5 Å². The molecule has 0 radical (unpaired) electrons. The molecule has 0 saturated carbocycles. The average Bonchev–Trinajstić information content (AvgIpc) is 2.41. The Balaban J connectivity index is 2.07. The number of carbonyl (C=O) groups is 2. The SMILES string of the molecule is O=C(O)/C=C/CCCNC(=O)OCc1ccccc1. The molecule has 0 saturated heterocycles. The van der Waals surface area contributed by atoms with Crippen LogP contribution in [0.25, 0.3) is 0 Å². The van der Waals surface area contributed by atoms with Gasteiger partial charge in [0.25, 0.3) is 0 Å². The molecule has 0 heterocycles. The Bertz CT molecular complexity index is 428. The van der Waals surface area contributed by atoms with Crippen LogP contribution in [-0.4, -0.2) is 23.7 Å². The van der Waals surface area contributed by atoms with Crippen LogP contribution in [0.2, 0.25) is 0 Å². The average molecular weight is 263 g/mol. The Kier molecular flexibility index (Phi) is 6.79. The van der Waals surface area contributed by atoms with Crippen molar-refractivity contribution in [2.45, 2.75) is 19.4 Å². The molecule has 102 valence electrons. The van der Waals surface area contributed by atoms with E-state index in [2.05, 4.69) is 5.32 Å². The fraction of sp³-hybridized carbons (Fsp3) is 0.286. The van der Waals surface area contributed by atoms with Crippen LogP contribution in [0, 0.1) is 0 Å². The molecule has 5 nitrogen and oxygen atoms in total. The molecule has 0 aliphatic heterocycles. The maximum absolute atomic E-state index is 11.3. The van der Waals surface area contributed by atoms with Gasteiger partial charge in [-0.05, 0) is 18.4 Å². The number of hydrogen-bond donors (Lipinski definition) is 2. The van der Waals surface area contributed by atoms with Crippen LogP contribution >= 0.6 is 0 Å². The highest BCUT2D eigenvalue weighted by Gasteiger charge is 2.00. The van der Waals surface area contributed by atoms with Gasteiger partial charge in [0.15, 0.2) is 0 Å². The largest absolute Gasteiger partial charge is 0.478 e. The zero-order valence-electron chi connectivity index (χ0n) is 10.5. The maximum Gasteiger partial charge on any atom is 0.407 e. The third-order valence-electron chi connectivity index (χ3n) is 2.29. The van der Waals surface area contributed by atoms with E-state index in [0.717, 1.165) is 11.6 Å². The first-order valence-corrected chi connectivity index (χ1v) is 6.02. The second-order valence-electron chi connectivity index (χ2n) is 3.87. The van der Waals surface area contributed by atoms with E-state index in [4.69, 9.17) is 9.84 Å². The maximum atomic E-state index is 11.3. The smallest absolute Gasteiger partial charge is 0.407 e. The lowest BCUT2D eigenvalue weighted by Gasteiger charge is -2.06. The summed E-state index contributed by atoms with van der Waals surface area (Å²) in [5, 5.41) is 11.0. The molecule has 0 aliphatic carbocycles.